The number of halogens is 3. The highest BCUT2D eigenvalue weighted by Gasteiger charge is 2.35. The third kappa shape index (κ3) is 3.60. The molecule has 0 saturated heterocycles. The van der Waals surface area contributed by atoms with Crippen LogP contribution in [0.5, 0.6) is 5.75 Å². The fraction of sp³-hybridized carbons (Fsp3) is 0.167. The Morgan fingerprint density at radius 3 is 2.40 bits per heavy atom. The van der Waals surface area contributed by atoms with E-state index in [0.717, 1.165) is 23.3 Å². The summed E-state index contributed by atoms with van der Waals surface area (Å²) in [4.78, 5) is 13.6. The maximum Gasteiger partial charge on any atom is 0.573 e. The van der Waals surface area contributed by atoms with Gasteiger partial charge in [0.25, 0.3) is 5.91 Å². The molecule has 7 heteroatoms. The largest absolute Gasteiger partial charge is 0.573 e. The van der Waals surface area contributed by atoms with E-state index in [0.29, 0.717) is 5.69 Å². The van der Waals surface area contributed by atoms with Gasteiger partial charge in [0.1, 0.15) is 5.75 Å². The number of aliphatic hydroxyl groups is 1. The molecule has 130 valence electrons. The first kappa shape index (κ1) is 16.9. The van der Waals surface area contributed by atoms with E-state index in [-0.39, 0.29) is 5.75 Å². The zero-order valence-corrected chi connectivity index (χ0v) is 13.1. The molecule has 1 aliphatic rings. The van der Waals surface area contributed by atoms with Crippen LogP contribution in [0.15, 0.2) is 60.4 Å². The summed E-state index contributed by atoms with van der Waals surface area (Å²) in [6, 6.07) is 11.8. The molecule has 1 aliphatic heterocycles. The van der Waals surface area contributed by atoms with Crippen molar-refractivity contribution in [3.05, 3.63) is 71.5 Å². The van der Waals surface area contributed by atoms with Gasteiger partial charge in [-0.05, 0) is 42.8 Å². The fourth-order valence-electron chi connectivity index (χ4n) is 2.73. The molecule has 0 saturated carbocycles. The lowest BCUT2D eigenvalue weighted by Crippen LogP contribution is -2.29. The number of aliphatic hydroxyl groups excluding tert-OH is 1. The number of amides is 1. The molecule has 4 nitrogen and oxygen atoms in total. The molecular formula is C18H14F3NO3. The van der Waals surface area contributed by atoms with Gasteiger partial charge >= 0.3 is 6.36 Å². The second-order valence-corrected chi connectivity index (χ2v) is 5.63. The van der Waals surface area contributed by atoms with Crippen LogP contribution in [-0.2, 0) is 4.79 Å². The Labute approximate surface area is 141 Å². The molecule has 0 radical (unpaired) electrons. The number of carbonyl (C=O) groups is 1. The van der Waals surface area contributed by atoms with E-state index < -0.39 is 24.1 Å². The molecule has 2 aromatic rings. The third-order valence-electron chi connectivity index (χ3n) is 3.76. The molecule has 25 heavy (non-hydrogen) atoms. The van der Waals surface area contributed by atoms with E-state index in [4.69, 9.17) is 0 Å². The van der Waals surface area contributed by atoms with Gasteiger partial charge in [0.2, 0.25) is 0 Å². The predicted octanol–water partition coefficient (Wildman–Crippen LogP) is 4.42. The van der Waals surface area contributed by atoms with Crippen LogP contribution in [0.4, 0.5) is 18.9 Å². The summed E-state index contributed by atoms with van der Waals surface area (Å²) in [6.45, 7) is 1.90. The highest BCUT2D eigenvalue weighted by Crippen LogP contribution is 2.36. The summed E-state index contributed by atoms with van der Waals surface area (Å²) in [5.74, 6) is -1.40. The molecule has 0 aliphatic carbocycles. The van der Waals surface area contributed by atoms with Gasteiger partial charge in [0.15, 0.2) is 5.76 Å². The minimum Gasteiger partial charge on any atom is -0.503 e. The third-order valence-corrected chi connectivity index (χ3v) is 3.76. The molecule has 0 aromatic heterocycles. The zero-order valence-electron chi connectivity index (χ0n) is 13.1. The molecule has 0 bridgehead atoms. The summed E-state index contributed by atoms with van der Waals surface area (Å²) >= 11 is 0. The van der Waals surface area contributed by atoms with E-state index in [9.17, 15) is 23.1 Å². The summed E-state index contributed by atoms with van der Waals surface area (Å²) in [6.07, 6.45) is -3.37. The normalized spacial score (nSPS) is 17.6. The second-order valence-electron chi connectivity index (χ2n) is 5.63. The Hall–Kier alpha value is -2.96. The lowest BCUT2D eigenvalue weighted by atomic mass is 10.0. The van der Waals surface area contributed by atoms with E-state index >= 15 is 0 Å². The summed E-state index contributed by atoms with van der Waals surface area (Å²) in [5, 5.41) is 9.83. The van der Waals surface area contributed by atoms with Gasteiger partial charge < -0.3 is 9.84 Å². The maximum absolute atomic E-state index is 12.3. The van der Waals surface area contributed by atoms with Gasteiger partial charge in [0, 0.05) is 5.69 Å². The number of nitrogens with zero attached hydrogens (tertiary/aromatic N) is 1. The van der Waals surface area contributed by atoms with Crippen molar-refractivity contribution < 1.29 is 27.8 Å². The Balaban J connectivity index is 1.92. The van der Waals surface area contributed by atoms with Gasteiger partial charge in [-0.1, -0.05) is 29.8 Å². The number of hydrogen-bond donors (Lipinski definition) is 1. The summed E-state index contributed by atoms with van der Waals surface area (Å²) in [5.41, 5.74) is 2.12. The van der Waals surface area contributed by atoms with Gasteiger partial charge in [-0.15, -0.1) is 13.2 Å². The molecule has 3 rings (SSSR count). The lowest BCUT2D eigenvalue weighted by Gasteiger charge is -2.25. The van der Waals surface area contributed by atoms with Crippen LogP contribution in [-0.4, -0.2) is 17.4 Å². The SMILES string of the molecule is Cc1cccc(C2C=C(O)C(=O)N2c2ccc(OC(F)(F)F)cc2)c1. The lowest BCUT2D eigenvalue weighted by molar-refractivity contribution is -0.274. The van der Waals surface area contributed by atoms with E-state index in [1.807, 2.05) is 31.2 Å². The van der Waals surface area contributed by atoms with Crippen LogP contribution in [0, 0.1) is 6.92 Å². The molecule has 1 heterocycles. The number of carbonyl (C=O) groups excluding carboxylic acids is 1. The Bertz CT molecular complexity index is 828. The number of rotatable bonds is 3. The standard InChI is InChI=1S/C18H14F3NO3/c1-11-3-2-4-12(9-11)15-10-16(23)17(24)22(15)13-5-7-14(8-6-13)25-18(19,20)21/h2-10,15,23H,1H3. The minimum atomic E-state index is -4.78. The number of anilines is 1. The first-order valence-electron chi connectivity index (χ1n) is 7.41. The molecule has 0 fully saturated rings. The summed E-state index contributed by atoms with van der Waals surface area (Å²) < 4.78 is 40.6. The monoisotopic (exact) mass is 349 g/mol. The molecule has 1 N–H and O–H groups in total. The van der Waals surface area contributed by atoms with Crippen molar-refractivity contribution >= 4 is 11.6 Å². The van der Waals surface area contributed by atoms with Crippen LogP contribution >= 0.6 is 0 Å². The number of benzene rings is 2. The Morgan fingerprint density at radius 2 is 1.80 bits per heavy atom. The number of hydrogen-bond acceptors (Lipinski definition) is 3. The molecule has 1 amide bonds. The highest BCUT2D eigenvalue weighted by molar-refractivity contribution is 6.07. The molecule has 0 spiro atoms. The van der Waals surface area contributed by atoms with Crippen molar-refractivity contribution in [1.82, 2.24) is 0 Å². The molecule has 1 atom stereocenters. The minimum absolute atomic E-state index is 0.353. The van der Waals surface area contributed by atoms with Crippen LogP contribution in [0.3, 0.4) is 0 Å². The van der Waals surface area contributed by atoms with Crippen molar-refractivity contribution in [3.63, 3.8) is 0 Å². The number of aryl methyl sites for hydroxylation is 1. The van der Waals surface area contributed by atoms with Crippen LogP contribution in [0.25, 0.3) is 0 Å². The van der Waals surface area contributed by atoms with Crippen molar-refractivity contribution in [2.75, 3.05) is 4.90 Å². The Morgan fingerprint density at radius 1 is 1.12 bits per heavy atom. The highest BCUT2D eigenvalue weighted by atomic mass is 19.4. The van der Waals surface area contributed by atoms with Crippen molar-refractivity contribution in [2.45, 2.75) is 19.3 Å². The van der Waals surface area contributed by atoms with Crippen LogP contribution in [0.2, 0.25) is 0 Å². The molecule has 2 aromatic carbocycles. The topological polar surface area (TPSA) is 49.8 Å². The Kier molecular flexibility index (Phi) is 4.16. The quantitative estimate of drug-likeness (QED) is 0.892. The smallest absolute Gasteiger partial charge is 0.503 e. The average molecular weight is 349 g/mol. The fourth-order valence-corrected chi connectivity index (χ4v) is 2.73. The van der Waals surface area contributed by atoms with Crippen LogP contribution in [0.1, 0.15) is 17.2 Å². The zero-order chi connectivity index (χ0) is 18.2. The number of alkyl halides is 3. The van der Waals surface area contributed by atoms with E-state index in [2.05, 4.69) is 4.74 Å². The maximum atomic E-state index is 12.3. The van der Waals surface area contributed by atoms with Crippen molar-refractivity contribution in [1.29, 1.82) is 0 Å². The first-order chi connectivity index (χ1) is 11.7. The second kappa shape index (κ2) is 6.16. The summed E-state index contributed by atoms with van der Waals surface area (Å²) in [7, 11) is 0. The van der Waals surface area contributed by atoms with Crippen molar-refractivity contribution in [3.8, 4) is 5.75 Å². The molecular weight excluding hydrogens is 335 g/mol. The predicted molar refractivity (Wildman–Crippen MR) is 85.2 cm³/mol. The van der Waals surface area contributed by atoms with Crippen LogP contribution < -0.4 is 9.64 Å². The van der Waals surface area contributed by atoms with Crippen molar-refractivity contribution in [2.24, 2.45) is 0 Å². The van der Waals surface area contributed by atoms with E-state index in [1.165, 1.54) is 23.1 Å². The van der Waals surface area contributed by atoms with Gasteiger partial charge in [-0.2, -0.15) is 0 Å². The first-order valence-corrected chi connectivity index (χ1v) is 7.41. The van der Waals surface area contributed by atoms with E-state index in [1.54, 1.807) is 0 Å². The van der Waals surface area contributed by atoms with Gasteiger partial charge in [-0.25, -0.2) is 0 Å². The van der Waals surface area contributed by atoms with Gasteiger partial charge in [-0.3, -0.25) is 9.69 Å². The number of ether oxygens (including phenoxy) is 1. The average Bonchev–Trinajstić information content (AvgIpc) is 2.82. The molecule has 1 unspecified atom stereocenters. The van der Waals surface area contributed by atoms with Gasteiger partial charge in [0.05, 0.1) is 6.04 Å².